The van der Waals surface area contributed by atoms with Crippen LogP contribution in [0.1, 0.15) is 72.5 Å². The molecule has 1 unspecified atom stereocenters. The molecule has 0 radical (unpaired) electrons. The zero-order valence-corrected chi connectivity index (χ0v) is 20.0. The minimum Gasteiger partial charge on any atom is -0.496 e. The van der Waals surface area contributed by atoms with Gasteiger partial charge in [-0.15, -0.1) is 0 Å². The molecule has 1 N–H and O–H groups in total. The Bertz CT molecular complexity index is 1040. The Labute approximate surface area is 195 Å². The molecular weight excluding hydrogens is 420 g/mol. The Kier molecular flexibility index (Phi) is 6.88. The van der Waals surface area contributed by atoms with Crippen molar-refractivity contribution < 1.29 is 24.2 Å². The fraction of sp³-hybridized carbons (Fsp3) is 0.577. The van der Waals surface area contributed by atoms with Gasteiger partial charge >= 0.3 is 5.97 Å². The van der Waals surface area contributed by atoms with Crippen LogP contribution in [0.25, 0.3) is 0 Å². The summed E-state index contributed by atoms with van der Waals surface area (Å²) in [7, 11) is 1.63. The maximum absolute atomic E-state index is 13.6. The van der Waals surface area contributed by atoms with Crippen LogP contribution in [0.3, 0.4) is 0 Å². The number of rotatable bonds is 8. The van der Waals surface area contributed by atoms with E-state index in [9.17, 15) is 9.59 Å². The summed E-state index contributed by atoms with van der Waals surface area (Å²) in [6.07, 6.45) is 4.32. The van der Waals surface area contributed by atoms with Crippen LogP contribution in [0.4, 0.5) is 0 Å². The number of aromatic nitrogens is 2. The molecule has 1 heterocycles. The van der Waals surface area contributed by atoms with E-state index in [0.29, 0.717) is 18.8 Å². The third kappa shape index (κ3) is 4.56. The Balaban J connectivity index is 1.63. The predicted octanol–water partition coefficient (Wildman–Crippen LogP) is 4.18. The number of carbonyl (C=O) groups is 2. The zero-order valence-electron chi connectivity index (χ0n) is 20.0. The second-order valence-electron chi connectivity index (χ2n) is 9.49. The van der Waals surface area contributed by atoms with E-state index in [2.05, 4.69) is 13.8 Å². The molecule has 1 aromatic carbocycles. The van der Waals surface area contributed by atoms with E-state index < -0.39 is 5.97 Å². The number of nitrogens with zero attached hydrogens (tertiary/aromatic N) is 2. The summed E-state index contributed by atoms with van der Waals surface area (Å²) in [5, 5.41) is 14.0. The third-order valence-electron chi connectivity index (χ3n) is 7.53. The van der Waals surface area contributed by atoms with Crippen molar-refractivity contribution in [2.75, 3.05) is 13.7 Å². The van der Waals surface area contributed by atoms with Crippen molar-refractivity contribution in [2.24, 2.45) is 5.92 Å². The Morgan fingerprint density at radius 3 is 2.70 bits per heavy atom. The van der Waals surface area contributed by atoms with Gasteiger partial charge in [0.15, 0.2) is 5.78 Å². The number of fused-ring (bicyclic) bond motifs is 1. The molecule has 7 nitrogen and oxygen atoms in total. The highest BCUT2D eigenvalue weighted by Crippen LogP contribution is 2.45. The van der Waals surface area contributed by atoms with Gasteiger partial charge in [-0.1, -0.05) is 19.1 Å². The van der Waals surface area contributed by atoms with E-state index in [1.165, 1.54) is 5.56 Å². The number of carbonyl (C=O) groups excluding carboxylic acids is 1. The lowest BCUT2D eigenvalue weighted by atomic mass is 9.82. The van der Waals surface area contributed by atoms with Crippen LogP contribution in [0, 0.1) is 19.8 Å². The number of benzene rings is 1. The number of ether oxygens (including phenoxy) is 2. The molecule has 1 aromatic heterocycles. The van der Waals surface area contributed by atoms with Crippen LogP contribution in [-0.2, 0) is 27.3 Å². The Morgan fingerprint density at radius 1 is 1.21 bits per heavy atom. The summed E-state index contributed by atoms with van der Waals surface area (Å²) in [5.41, 5.74) is 5.49. The van der Waals surface area contributed by atoms with Gasteiger partial charge in [0.05, 0.1) is 18.9 Å². The fourth-order valence-corrected chi connectivity index (χ4v) is 5.77. The lowest BCUT2D eigenvalue weighted by Gasteiger charge is -2.27. The smallest absolute Gasteiger partial charge is 0.329 e. The van der Waals surface area contributed by atoms with Crippen molar-refractivity contribution in [3.63, 3.8) is 0 Å². The standard InChI is InChI=1S/C26H34N2O5/c1-15-7-5-9-19-17(3)28(27-26(15)19)13-21(29)20-11-12-23(33-14-24(30)31)25(20)18-8-6-10-22(32-4)16(18)2/h6,8,10,15,20,23,25H,5,7,9,11-14H2,1-4H3,(H,30,31)/t15-,20?,23+,25-/m0/s1. The monoisotopic (exact) mass is 454 g/mol. The highest BCUT2D eigenvalue weighted by Gasteiger charge is 2.43. The number of hydrogen-bond acceptors (Lipinski definition) is 5. The number of Topliss-reactive ketones (excluding diaryl/α,β-unsaturated/α-hetero) is 1. The van der Waals surface area contributed by atoms with Crippen molar-refractivity contribution >= 4 is 11.8 Å². The van der Waals surface area contributed by atoms with E-state index in [1.807, 2.05) is 29.8 Å². The van der Waals surface area contributed by atoms with Gasteiger partial charge in [-0.25, -0.2) is 4.79 Å². The van der Waals surface area contributed by atoms with Gasteiger partial charge in [0.1, 0.15) is 18.9 Å². The van der Waals surface area contributed by atoms with Crippen LogP contribution >= 0.6 is 0 Å². The summed E-state index contributed by atoms with van der Waals surface area (Å²) >= 11 is 0. The molecule has 1 saturated carbocycles. The molecule has 2 aliphatic rings. The minimum absolute atomic E-state index is 0.124. The highest BCUT2D eigenvalue weighted by atomic mass is 16.5. The van der Waals surface area contributed by atoms with Gasteiger partial charge in [0, 0.05) is 23.4 Å². The molecule has 1 fully saturated rings. The summed E-state index contributed by atoms with van der Waals surface area (Å²) in [5.74, 6) is -0.163. The lowest BCUT2D eigenvalue weighted by molar-refractivity contribution is -0.144. The number of ketones is 1. The number of carboxylic acid groups (broad SMARTS) is 1. The van der Waals surface area contributed by atoms with Gasteiger partial charge in [-0.05, 0) is 68.7 Å². The van der Waals surface area contributed by atoms with E-state index in [0.717, 1.165) is 47.5 Å². The first-order valence-corrected chi connectivity index (χ1v) is 11.9. The van der Waals surface area contributed by atoms with Crippen molar-refractivity contribution in [1.82, 2.24) is 9.78 Å². The molecular formula is C26H34N2O5. The molecule has 0 aliphatic heterocycles. The zero-order chi connectivity index (χ0) is 23.7. The average molecular weight is 455 g/mol. The van der Waals surface area contributed by atoms with Crippen LogP contribution in [0.2, 0.25) is 0 Å². The minimum atomic E-state index is -1.00. The van der Waals surface area contributed by atoms with Gasteiger partial charge in [-0.2, -0.15) is 5.10 Å². The van der Waals surface area contributed by atoms with E-state index in [-0.39, 0.29) is 36.9 Å². The maximum Gasteiger partial charge on any atom is 0.329 e. The fourth-order valence-electron chi connectivity index (χ4n) is 5.77. The van der Waals surface area contributed by atoms with Gasteiger partial charge in [-0.3, -0.25) is 9.48 Å². The number of carboxylic acids is 1. The third-order valence-corrected chi connectivity index (χ3v) is 7.53. The first-order valence-electron chi connectivity index (χ1n) is 11.9. The summed E-state index contributed by atoms with van der Waals surface area (Å²) in [4.78, 5) is 24.8. The van der Waals surface area contributed by atoms with Crippen molar-refractivity contribution in [3.8, 4) is 5.75 Å². The second kappa shape index (κ2) is 9.67. The van der Waals surface area contributed by atoms with Crippen LogP contribution < -0.4 is 4.74 Å². The predicted molar refractivity (Wildman–Crippen MR) is 124 cm³/mol. The summed E-state index contributed by atoms with van der Waals surface area (Å²) < 4.78 is 13.2. The average Bonchev–Trinajstić information content (AvgIpc) is 3.35. The molecule has 0 saturated heterocycles. The van der Waals surface area contributed by atoms with E-state index in [4.69, 9.17) is 19.7 Å². The van der Waals surface area contributed by atoms with Gasteiger partial charge in [0.2, 0.25) is 0 Å². The molecule has 4 rings (SSSR count). The van der Waals surface area contributed by atoms with Crippen LogP contribution in [0.15, 0.2) is 18.2 Å². The first kappa shape index (κ1) is 23.5. The number of methoxy groups -OCH3 is 1. The molecule has 2 aliphatic carbocycles. The van der Waals surface area contributed by atoms with Crippen molar-refractivity contribution in [1.29, 1.82) is 0 Å². The molecule has 7 heteroatoms. The molecule has 4 atom stereocenters. The molecule has 0 spiro atoms. The van der Waals surface area contributed by atoms with Gasteiger partial charge in [0.25, 0.3) is 0 Å². The quantitative estimate of drug-likeness (QED) is 0.643. The molecule has 33 heavy (non-hydrogen) atoms. The normalized spacial score (nSPS) is 24.5. The molecule has 2 aromatic rings. The maximum atomic E-state index is 13.6. The van der Waals surface area contributed by atoms with Crippen molar-refractivity contribution in [2.45, 2.75) is 77.4 Å². The summed E-state index contributed by atoms with van der Waals surface area (Å²) in [6.45, 7) is 6.12. The Hall–Kier alpha value is -2.67. The highest BCUT2D eigenvalue weighted by molar-refractivity contribution is 5.82. The topological polar surface area (TPSA) is 90.7 Å². The largest absolute Gasteiger partial charge is 0.496 e. The second-order valence-corrected chi connectivity index (χ2v) is 9.49. The molecule has 0 amide bonds. The summed E-state index contributed by atoms with van der Waals surface area (Å²) in [6, 6.07) is 5.82. The number of aliphatic carboxylic acids is 1. The molecule has 178 valence electrons. The van der Waals surface area contributed by atoms with Crippen LogP contribution in [0.5, 0.6) is 5.75 Å². The lowest BCUT2D eigenvalue weighted by Crippen LogP contribution is -2.29. The van der Waals surface area contributed by atoms with Gasteiger partial charge < -0.3 is 14.6 Å². The first-order chi connectivity index (χ1) is 15.8. The SMILES string of the molecule is COc1cccc([C@H]2C(C(=O)Cn3nc4c(c3C)CCC[C@@H]4C)CC[C@H]2OCC(=O)O)c1C. The van der Waals surface area contributed by atoms with Crippen molar-refractivity contribution in [3.05, 3.63) is 46.3 Å². The van der Waals surface area contributed by atoms with E-state index >= 15 is 0 Å². The van der Waals surface area contributed by atoms with Crippen LogP contribution in [-0.4, -0.2) is 46.5 Å². The number of hydrogen-bond donors (Lipinski definition) is 1. The Morgan fingerprint density at radius 2 is 2.00 bits per heavy atom. The van der Waals surface area contributed by atoms with E-state index in [1.54, 1.807) is 7.11 Å². The molecule has 0 bridgehead atoms.